The maximum Gasteiger partial charge on any atom is 0.293 e. The van der Waals surface area contributed by atoms with E-state index < -0.39 is 43.0 Å². The molecule has 2 amide bonds. The summed E-state index contributed by atoms with van der Waals surface area (Å²) in [6.45, 7) is 5.54. The van der Waals surface area contributed by atoms with Gasteiger partial charge in [-0.3, -0.25) is 19.7 Å². The lowest BCUT2D eigenvalue weighted by molar-refractivity contribution is -0.384. The first-order chi connectivity index (χ1) is 21.7. The summed E-state index contributed by atoms with van der Waals surface area (Å²) in [7, 11) is -4.50. The Morgan fingerprint density at radius 1 is 0.913 bits per heavy atom. The van der Waals surface area contributed by atoms with Gasteiger partial charge < -0.3 is 10.6 Å². The topological polar surface area (TPSA) is 148 Å². The zero-order valence-corrected chi connectivity index (χ0v) is 27.0. The van der Waals surface area contributed by atoms with Gasteiger partial charge in [-0.15, -0.1) is 11.8 Å². The average Bonchev–Trinajstić information content (AvgIpc) is 2.99. The Hall–Kier alpha value is -4.75. The molecule has 0 spiro atoms. The lowest BCUT2D eigenvalue weighted by atomic mass is 10.0. The number of rotatable bonds is 12. The zero-order valence-electron chi connectivity index (χ0n) is 25.3. The van der Waals surface area contributed by atoms with Crippen LogP contribution in [0.2, 0.25) is 0 Å². The number of carbonyl (C=O) groups is 2. The minimum absolute atomic E-state index is 0.00428. The number of nitro benzene ring substituents is 1. The van der Waals surface area contributed by atoms with Crippen LogP contribution in [0, 0.1) is 15.9 Å². The first-order valence-electron chi connectivity index (χ1n) is 14.2. The van der Waals surface area contributed by atoms with Gasteiger partial charge >= 0.3 is 0 Å². The van der Waals surface area contributed by atoms with Crippen molar-refractivity contribution >= 4 is 45.0 Å². The van der Waals surface area contributed by atoms with Crippen LogP contribution in [-0.2, 0) is 14.8 Å². The highest BCUT2D eigenvalue weighted by Crippen LogP contribution is 2.30. The Labute approximate surface area is 271 Å². The van der Waals surface area contributed by atoms with Crippen LogP contribution in [0.4, 0.5) is 15.8 Å². The van der Waals surface area contributed by atoms with Crippen molar-refractivity contribution in [1.82, 2.24) is 10.0 Å². The van der Waals surface area contributed by atoms with Crippen LogP contribution in [-0.4, -0.2) is 42.5 Å². The maximum absolute atomic E-state index is 13.2. The van der Waals surface area contributed by atoms with Gasteiger partial charge in [0.25, 0.3) is 21.6 Å². The molecule has 4 aromatic rings. The van der Waals surface area contributed by atoms with Crippen LogP contribution in [0.5, 0.6) is 0 Å². The number of nitro groups is 1. The number of hydrogen-bond acceptors (Lipinski definition) is 8. The zero-order chi connectivity index (χ0) is 33.5. The maximum atomic E-state index is 13.2. The third kappa shape index (κ3) is 9.62. The number of nitrogens with zero attached hydrogens (tertiary/aromatic N) is 1. The highest BCUT2D eigenvalue weighted by Gasteiger charge is 2.26. The van der Waals surface area contributed by atoms with Gasteiger partial charge in [0.15, 0.2) is 0 Å². The summed E-state index contributed by atoms with van der Waals surface area (Å²) < 4.78 is 41.4. The predicted octanol–water partition coefficient (Wildman–Crippen LogP) is 6.40. The third-order valence-electron chi connectivity index (χ3n) is 6.53. The van der Waals surface area contributed by atoms with Gasteiger partial charge in [-0.25, -0.2) is 17.5 Å². The summed E-state index contributed by atoms with van der Waals surface area (Å²) in [5.41, 5.74) is 0.436. The predicted molar refractivity (Wildman–Crippen MR) is 177 cm³/mol. The number of sulfonamides is 1. The SMILES string of the molecule is CC(C)(C)NC(=O)C[C@H](CSc1ccccc1)Nc1ccc(S(=O)(=O)NC(=O)c2ccc(-c3ccc(F)cc3)cc2)cc1[N+](=O)[O-]. The van der Waals surface area contributed by atoms with E-state index in [2.05, 4.69) is 10.6 Å². The number of amides is 2. The van der Waals surface area contributed by atoms with Crippen molar-refractivity contribution in [2.24, 2.45) is 0 Å². The second-order valence-corrected chi connectivity index (χ2v) is 14.2. The van der Waals surface area contributed by atoms with Crippen molar-refractivity contribution in [3.63, 3.8) is 0 Å². The minimum Gasteiger partial charge on any atom is -0.375 e. The molecule has 0 aromatic heterocycles. The molecule has 0 heterocycles. The number of nitrogens with one attached hydrogen (secondary N) is 3. The quantitative estimate of drug-likeness (QED) is 0.0896. The van der Waals surface area contributed by atoms with Crippen molar-refractivity contribution in [3.8, 4) is 11.1 Å². The fourth-order valence-electron chi connectivity index (χ4n) is 4.43. The van der Waals surface area contributed by atoms with E-state index in [0.29, 0.717) is 16.9 Å². The molecule has 4 aromatic carbocycles. The first kappa shape index (κ1) is 34.1. The van der Waals surface area contributed by atoms with Gasteiger partial charge in [0, 0.05) is 40.3 Å². The van der Waals surface area contributed by atoms with E-state index in [9.17, 15) is 32.5 Å². The number of hydrogen-bond donors (Lipinski definition) is 3. The number of thioether (sulfide) groups is 1. The van der Waals surface area contributed by atoms with E-state index >= 15 is 0 Å². The van der Waals surface area contributed by atoms with Crippen molar-refractivity contribution in [1.29, 1.82) is 0 Å². The van der Waals surface area contributed by atoms with Crippen molar-refractivity contribution < 1.29 is 27.3 Å². The molecule has 0 aliphatic carbocycles. The molecule has 0 saturated carbocycles. The molecule has 0 bridgehead atoms. The molecule has 10 nitrogen and oxygen atoms in total. The number of halogens is 1. The molecule has 0 saturated heterocycles. The lowest BCUT2D eigenvalue weighted by Gasteiger charge is -2.24. The van der Waals surface area contributed by atoms with Gasteiger partial charge in [0.2, 0.25) is 5.91 Å². The van der Waals surface area contributed by atoms with Crippen LogP contribution in [0.25, 0.3) is 11.1 Å². The molecule has 13 heteroatoms. The van der Waals surface area contributed by atoms with Crippen LogP contribution >= 0.6 is 11.8 Å². The van der Waals surface area contributed by atoms with E-state index in [1.165, 1.54) is 42.1 Å². The molecule has 1 atom stereocenters. The monoisotopic (exact) mass is 664 g/mol. The van der Waals surface area contributed by atoms with Crippen molar-refractivity contribution in [3.05, 3.63) is 119 Å². The molecule has 3 N–H and O–H groups in total. The number of anilines is 1. The van der Waals surface area contributed by atoms with E-state index in [4.69, 9.17) is 0 Å². The van der Waals surface area contributed by atoms with E-state index in [-0.39, 0.29) is 29.4 Å². The average molecular weight is 665 g/mol. The Kier molecular flexibility index (Phi) is 10.8. The molecular weight excluding hydrogens is 632 g/mol. The van der Waals surface area contributed by atoms with Gasteiger partial charge in [0.1, 0.15) is 11.5 Å². The van der Waals surface area contributed by atoms with Crippen molar-refractivity contribution in [2.75, 3.05) is 11.1 Å². The normalized spacial score (nSPS) is 12.2. The Bertz CT molecular complexity index is 1810. The summed E-state index contributed by atoms with van der Waals surface area (Å²) >= 11 is 1.46. The fourth-order valence-corrected chi connectivity index (χ4v) is 6.36. The highest BCUT2D eigenvalue weighted by molar-refractivity contribution is 7.99. The van der Waals surface area contributed by atoms with Gasteiger partial charge in [0.05, 0.1) is 9.82 Å². The fraction of sp³-hybridized carbons (Fsp3) is 0.212. The summed E-state index contributed by atoms with van der Waals surface area (Å²) in [6, 6.07) is 23.9. The summed E-state index contributed by atoms with van der Waals surface area (Å²) in [4.78, 5) is 37.4. The number of benzene rings is 4. The molecule has 0 fully saturated rings. The van der Waals surface area contributed by atoms with Crippen LogP contribution in [0.15, 0.2) is 107 Å². The standard InChI is InChI=1S/C33H33FN4O6S2/c1-33(2,3)36-31(39)19-26(21-45-27-7-5-4-6-8-27)35-29-18-17-28(20-30(29)38(41)42)46(43,44)37-32(40)24-11-9-22(10-12-24)23-13-15-25(34)16-14-23/h4-18,20,26,35H,19,21H2,1-3H3,(H,36,39)(H,37,40)/t26-/m1/s1. The smallest absolute Gasteiger partial charge is 0.293 e. The second kappa shape index (κ2) is 14.6. The van der Waals surface area contributed by atoms with Crippen molar-refractivity contribution in [2.45, 2.75) is 48.6 Å². The van der Waals surface area contributed by atoms with E-state index in [0.717, 1.165) is 17.0 Å². The summed E-state index contributed by atoms with van der Waals surface area (Å²) in [6.07, 6.45) is 0.00428. The Morgan fingerprint density at radius 2 is 1.52 bits per heavy atom. The molecule has 4 rings (SSSR count). The molecular formula is C33H33FN4O6S2. The van der Waals surface area contributed by atoms with E-state index in [1.807, 2.05) is 55.8 Å². The molecule has 0 aliphatic rings. The number of carbonyl (C=O) groups excluding carboxylic acids is 2. The van der Waals surface area contributed by atoms with Crippen LogP contribution in [0.1, 0.15) is 37.6 Å². The molecule has 0 radical (unpaired) electrons. The van der Waals surface area contributed by atoms with Gasteiger partial charge in [-0.1, -0.05) is 42.5 Å². The highest BCUT2D eigenvalue weighted by atomic mass is 32.2. The van der Waals surface area contributed by atoms with Crippen LogP contribution < -0.4 is 15.4 Å². The Balaban J connectivity index is 1.52. The van der Waals surface area contributed by atoms with E-state index in [1.54, 1.807) is 24.3 Å². The molecule has 240 valence electrons. The molecule has 0 unspecified atom stereocenters. The summed E-state index contributed by atoms with van der Waals surface area (Å²) in [5, 5.41) is 18.0. The minimum atomic E-state index is -4.50. The van der Waals surface area contributed by atoms with Gasteiger partial charge in [-0.05, 0) is 80.4 Å². The molecule has 46 heavy (non-hydrogen) atoms. The lowest BCUT2D eigenvalue weighted by Crippen LogP contribution is -2.43. The van der Waals surface area contributed by atoms with Crippen LogP contribution in [0.3, 0.4) is 0 Å². The first-order valence-corrected chi connectivity index (χ1v) is 16.6. The third-order valence-corrected chi connectivity index (χ3v) is 9.03. The molecule has 0 aliphatic heterocycles. The summed E-state index contributed by atoms with van der Waals surface area (Å²) in [5.74, 6) is -1.19. The van der Waals surface area contributed by atoms with Gasteiger partial charge in [-0.2, -0.15) is 0 Å². The Morgan fingerprint density at radius 3 is 2.11 bits per heavy atom. The largest absolute Gasteiger partial charge is 0.375 e. The second-order valence-electron chi connectivity index (χ2n) is 11.4.